The Hall–Kier alpha value is -1.12. The zero-order valence-electron chi connectivity index (χ0n) is 20.2. The maximum Gasteiger partial charge on any atom is 0.0980 e. The SMILES string of the molecule is CCOCC1=C(O)CCC([C@@H](O)CNCCCCCCOCCOCc2c(Cl)cccc2Cl)=C1. The Balaban J connectivity index is 1.43. The molecule has 0 heterocycles. The van der Waals surface area contributed by atoms with Crippen molar-refractivity contribution in [3.8, 4) is 0 Å². The van der Waals surface area contributed by atoms with Crippen molar-refractivity contribution < 1.29 is 24.4 Å². The standard InChI is InChI=1S/C26H39Cl2NO5/c1-2-32-18-21-16-20(10-11-25(21)30)26(31)17-29-12-5-3-4-6-13-33-14-15-34-19-22-23(27)8-7-9-24(22)28/h7-9,16,26,29-31H,2-6,10-15,17-19H2,1H3/t26-/m0/s1. The molecule has 3 N–H and O–H groups in total. The Bertz CT molecular complexity index is 764. The fraction of sp³-hybridized carbons (Fsp3) is 0.615. The second-order valence-electron chi connectivity index (χ2n) is 8.33. The number of hydrogen-bond donors (Lipinski definition) is 3. The van der Waals surface area contributed by atoms with Crippen LogP contribution in [0.4, 0.5) is 0 Å². The summed E-state index contributed by atoms with van der Waals surface area (Å²) in [6, 6.07) is 5.42. The van der Waals surface area contributed by atoms with Gasteiger partial charge in [-0.15, -0.1) is 0 Å². The van der Waals surface area contributed by atoms with Crippen LogP contribution in [0.1, 0.15) is 51.0 Å². The van der Waals surface area contributed by atoms with Crippen molar-refractivity contribution in [3.05, 3.63) is 56.8 Å². The van der Waals surface area contributed by atoms with Gasteiger partial charge in [0.05, 0.1) is 38.3 Å². The van der Waals surface area contributed by atoms with Crippen LogP contribution >= 0.6 is 23.2 Å². The van der Waals surface area contributed by atoms with E-state index < -0.39 is 6.10 Å². The van der Waals surface area contributed by atoms with E-state index in [1.54, 1.807) is 12.1 Å². The molecule has 1 aliphatic rings. The summed E-state index contributed by atoms with van der Waals surface area (Å²) in [4.78, 5) is 0. The Morgan fingerprint density at radius 1 is 0.941 bits per heavy atom. The lowest BCUT2D eigenvalue weighted by molar-refractivity contribution is 0.0393. The highest BCUT2D eigenvalue weighted by Gasteiger charge is 2.18. The van der Waals surface area contributed by atoms with Gasteiger partial charge in [0.15, 0.2) is 0 Å². The van der Waals surface area contributed by atoms with Gasteiger partial charge in [0, 0.05) is 47.4 Å². The Morgan fingerprint density at radius 2 is 1.68 bits per heavy atom. The number of aliphatic hydroxyl groups is 2. The fourth-order valence-electron chi connectivity index (χ4n) is 3.64. The largest absolute Gasteiger partial charge is 0.512 e. The molecule has 0 saturated heterocycles. The van der Waals surface area contributed by atoms with Crippen molar-refractivity contribution in [3.63, 3.8) is 0 Å². The van der Waals surface area contributed by atoms with Gasteiger partial charge in [-0.1, -0.05) is 48.2 Å². The number of rotatable bonds is 18. The molecule has 192 valence electrons. The van der Waals surface area contributed by atoms with Gasteiger partial charge >= 0.3 is 0 Å². The van der Waals surface area contributed by atoms with Crippen LogP contribution in [0, 0.1) is 0 Å². The first kappa shape index (κ1) is 29.1. The minimum atomic E-state index is -0.533. The van der Waals surface area contributed by atoms with Crippen molar-refractivity contribution in [1.82, 2.24) is 5.32 Å². The third-order valence-electron chi connectivity index (χ3n) is 5.68. The number of allylic oxidation sites excluding steroid dienone is 1. The summed E-state index contributed by atoms with van der Waals surface area (Å²) in [5, 5.41) is 25.0. The van der Waals surface area contributed by atoms with Crippen LogP contribution in [0.15, 0.2) is 41.2 Å². The summed E-state index contributed by atoms with van der Waals surface area (Å²) in [7, 11) is 0. The molecule has 0 aromatic heterocycles. The number of aliphatic hydroxyl groups excluding tert-OH is 2. The number of hydrogen-bond acceptors (Lipinski definition) is 6. The molecule has 0 aliphatic heterocycles. The average Bonchev–Trinajstić information content (AvgIpc) is 2.83. The summed E-state index contributed by atoms with van der Waals surface area (Å²) in [5.41, 5.74) is 2.54. The third-order valence-corrected chi connectivity index (χ3v) is 6.39. The second kappa shape index (κ2) is 17.3. The van der Waals surface area contributed by atoms with E-state index in [1.807, 2.05) is 19.1 Å². The molecule has 0 saturated carbocycles. The first-order chi connectivity index (χ1) is 16.5. The van der Waals surface area contributed by atoms with E-state index in [1.165, 1.54) is 0 Å². The summed E-state index contributed by atoms with van der Waals surface area (Å²) in [6.45, 7) is 6.48. The topological polar surface area (TPSA) is 80.2 Å². The van der Waals surface area contributed by atoms with Gasteiger partial charge in [-0.25, -0.2) is 0 Å². The maximum absolute atomic E-state index is 10.4. The second-order valence-corrected chi connectivity index (χ2v) is 9.14. The highest BCUT2D eigenvalue weighted by Crippen LogP contribution is 2.25. The van der Waals surface area contributed by atoms with Crippen LogP contribution < -0.4 is 5.32 Å². The van der Waals surface area contributed by atoms with Gasteiger partial charge in [-0.05, 0) is 50.4 Å². The first-order valence-electron chi connectivity index (χ1n) is 12.2. The minimum absolute atomic E-state index is 0.371. The summed E-state index contributed by atoms with van der Waals surface area (Å²) in [5.74, 6) is 0.371. The molecule has 1 aliphatic carbocycles. The molecule has 0 bridgehead atoms. The fourth-order valence-corrected chi connectivity index (χ4v) is 4.15. The number of nitrogens with one attached hydrogen (secondary N) is 1. The highest BCUT2D eigenvalue weighted by atomic mass is 35.5. The van der Waals surface area contributed by atoms with Crippen molar-refractivity contribution >= 4 is 23.2 Å². The molecule has 1 atom stereocenters. The van der Waals surface area contributed by atoms with E-state index in [-0.39, 0.29) is 0 Å². The van der Waals surface area contributed by atoms with Gasteiger partial charge in [0.25, 0.3) is 0 Å². The van der Waals surface area contributed by atoms with Crippen LogP contribution in [0.5, 0.6) is 0 Å². The third kappa shape index (κ3) is 11.1. The minimum Gasteiger partial charge on any atom is -0.512 e. The van der Waals surface area contributed by atoms with E-state index in [2.05, 4.69) is 5.32 Å². The van der Waals surface area contributed by atoms with Gasteiger partial charge in [0.1, 0.15) is 0 Å². The molecule has 2 rings (SSSR count). The Kier molecular flexibility index (Phi) is 14.8. The molecule has 1 aromatic carbocycles. The first-order valence-corrected chi connectivity index (χ1v) is 12.9. The average molecular weight is 517 g/mol. The molecule has 34 heavy (non-hydrogen) atoms. The molecular weight excluding hydrogens is 477 g/mol. The molecule has 8 heteroatoms. The number of unbranched alkanes of at least 4 members (excludes halogenated alkanes) is 3. The van der Waals surface area contributed by atoms with Crippen molar-refractivity contribution in [2.24, 2.45) is 0 Å². The summed E-state index contributed by atoms with van der Waals surface area (Å²) < 4.78 is 16.6. The molecule has 0 spiro atoms. The Labute approximate surface area is 213 Å². The zero-order valence-corrected chi connectivity index (χ0v) is 21.7. The van der Waals surface area contributed by atoms with Crippen LogP contribution in [0.2, 0.25) is 10.0 Å². The van der Waals surface area contributed by atoms with E-state index >= 15 is 0 Å². The van der Waals surface area contributed by atoms with Gasteiger partial charge in [-0.2, -0.15) is 0 Å². The van der Waals surface area contributed by atoms with Crippen LogP contribution in [-0.2, 0) is 20.8 Å². The molecule has 0 radical (unpaired) electrons. The van der Waals surface area contributed by atoms with Crippen molar-refractivity contribution in [2.75, 3.05) is 46.1 Å². The van der Waals surface area contributed by atoms with E-state index in [0.717, 1.165) is 55.5 Å². The highest BCUT2D eigenvalue weighted by molar-refractivity contribution is 6.35. The lowest BCUT2D eigenvalue weighted by Gasteiger charge is -2.21. The van der Waals surface area contributed by atoms with Crippen LogP contribution in [-0.4, -0.2) is 62.4 Å². The van der Waals surface area contributed by atoms with Gasteiger partial charge < -0.3 is 29.7 Å². The number of benzene rings is 1. The van der Waals surface area contributed by atoms with Crippen LogP contribution in [0.3, 0.4) is 0 Å². The smallest absolute Gasteiger partial charge is 0.0980 e. The molecule has 0 amide bonds. The number of halogens is 2. The quantitative estimate of drug-likeness (QED) is 0.220. The molecule has 1 aromatic rings. The van der Waals surface area contributed by atoms with Crippen molar-refractivity contribution in [2.45, 2.75) is 58.2 Å². The van der Waals surface area contributed by atoms with E-state index in [9.17, 15) is 10.2 Å². The monoisotopic (exact) mass is 515 g/mol. The molecule has 6 nitrogen and oxygen atoms in total. The van der Waals surface area contributed by atoms with Crippen LogP contribution in [0.25, 0.3) is 0 Å². The lowest BCUT2D eigenvalue weighted by Crippen LogP contribution is -2.30. The predicted molar refractivity (Wildman–Crippen MR) is 138 cm³/mol. The summed E-state index contributed by atoms with van der Waals surface area (Å²) in [6.07, 6.45) is 6.90. The summed E-state index contributed by atoms with van der Waals surface area (Å²) >= 11 is 12.2. The van der Waals surface area contributed by atoms with Gasteiger partial charge in [-0.3, -0.25) is 0 Å². The maximum atomic E-state index is 10.4. The Morgan fingerprint density at radius 3 is 2.44 bits per heavy atom. The zero-order chi connectivity index (χ0) is 24.6. The molecule has 0 unspecified atom stereocenters. The molecule has 0 fully saturated rings. The normalized spacial score (nSPS) is 15.0. The number of ether oxygens (including phenoxy) is 3. The van der Waals surface area contributed by atoms with Gasteiger partial charge in [0.2, 0.25) is 0 Å². The van der Waals surface area contributed by atoms with E-state index in [0.29, 0.717) is 68.2 Å². The molecular formula is C26H39Cl2NO5. The van der Waals surface area contributed by atoms with Crippen molar-refractivity contribution in [1.29, 1.82) is 0 Å². The predicted octanol–water partition coefficient (Wildman–Crippen LogP) is 5.61. The lowest BCUT2D eigenvalue weighted by atomic mass is 9.94. The van der Waals surface area contributed by atoms with E-state index in [4.69, 9.17) is 37.4 Å².